The van der Waals surface area contributed by atoms with Gasteiger partial charge in [0.15, 0.2) is 0 Å². The van der Waals surface area contributed by atoms with Crippen molar-refractivity contribution in [1.82, 2.24) is 4.98 Å². The third kappa shape index (κ3) is 2.49. The molecule has 2 aliphatic rings. The van der Waals surface area contributed by atoms with E-state index in [0.717, 1.165) is 11.3 Å². The van der Waals surface area contributed by atoms with Crippen molar-refractivity contribution in [2.75, 3.05) is 0 Å². The van der Waals surface area contributed by atoms with Crippen LogP contribution >= 0.6 is 0 Å². The molecule has 0 radical (unpaired) electrons. The summed E-state index contributed by atoms with van der Waals surface area (Å²) >= 11 is 0. The van der Waals surface area contributed by atoms with Crippen LogP contribution in [0.2, 0.25) is 0 Å². The van der Waals surface area contributed by atoms with Crippen molar-refractivity contribution in [3.63, 3.8) is 0 Å². The van der Waals surface area contributed by atoms with Gasteiger partial charge in [0.1, 0.15) is 11.4 Å². The molecule has 1 aliphatic heterocycles. The van der Waals surface area contributed by atoms with Gasteiger partial charge in [-0.05, 0) is 17.3 Å². The number of nitrogens with one attached hydrogen (secondary N) is 1. The summed E-state index contributed by atoms with van der Waals surface area (Å²) < 4.78 is 0. The Morgan fingerprint density at radius 1 is 0.952 bits per heavy atom. The molecule has 0 spiro atoms. The zero-order chi connectivity index (χ0) is 14.7. The van der Waals surface area contributed by atoms with Gasteiger partial charge >= 0.3 is 0 Å². The molecule has 5 heteroatoms. The van der Waals surface area contributed by atoms with Gasteiger partial charge in [-0.3, -0.25) is 4.79 Å². The smallest absolute Gasteiger partial charge is 0.274 e. The number of fused-ring (bicyclic) bond motifs is 1. The fourth-order valence-electron chi connectivity index (χ4n) is 2.11. The molecular formula is C16H11N3O2. The summed E-state index contributed by atoms with van der Waals surface area (Å²) in [6, 6.07) is 16.0. The van der Waals surface area contributed by atoms with Crippen LogP contribution in [0, 0.1) is 4.91 Å². The van der Waals surface area contributed by atoms with Crippen LogP contribution in [0.3, 0.4) is 0 Å². The van der Waals surface area contributed by atoms with Gasteiger partial charge in [0.2, 0.25) is 0 Å². The van der Waals surface area contributed by atoms with Crippen molar-refractivity contribution in [2.45, 2.75) is 0 Å². The molecule has 1 N–H and O–H groups in total. The van der Waals surface area contributed by atoms with E-state index in [9.17, 15) is 9.70 Å². The maximum Gasteiger partial charge on any atom is 0.274 e. The first-order chi connectivity index (χ1) is 10.3. The quantitative estimate of drug-likeness (QED) is 0.586. The number of aromatic nitrogens is 1. The van der Waals surface area contributed by atoms with Crippen LogP contribution in [0.15, 0.2) is 69.6 Å². The summed E-state index contributed by atoms with van der Waals surface area (Å²) in [4.78, 5) is 29.7. The Balaban J connectivity index is 2.08. The molecule has 0 fully saturated rings. The number of hydrogen-bond donors (Lipinski definition) is 1. The molecule has 1 aromatic rings. The summed E-state index contributed by atoms with van der Waals surface area (Å²) in [5, 5.41) is 2.94. The Morgan fingerprint density at radius 2 is 1.71 bits per heavy atom. The minimum atomic E-state index is -0.260. The Labute approximate surface area is 120 Å². The highest BCUT2D eigenvalue weighted by Gasteiger charge is 2.12. The fraction of sp³-hybridized carbons (Fsp3) is 0. The second kappa shape index (κ2) is 5.50. The van der Waals surface area contributed by atoms with Gasteiger partial charge in [-0.25, -0.2) is 4.99 Å². The van der Waals surface area contributed by atoms with E-state index in [1.165, 1.54) is 6.21 Å². The van der Waals surface area contributed by atoms with Gasteiger partial charge in [0.05, 0.1) is 5.69 Å². The lowest BCUT2D eigenvalue weighted by Crippen LogP contribution is -1.96. The molecule has 0 atom stereocenters. The Hall–Kier alpha value is -3.08. The van der Waals surface area contributed by atoms with Crippen molar-refractivity contribution in [3.8, 4) is 11.3 Å². The molecule has 0 saturated heterocycles. The SMILES string of the molecule is O=Nc1ccccc1C=Nc1c2cccccc-2[nH]c1=O. The van der Waals surface area contributed by atoms with Gasteiger partial charge in [-0.15, -0.1) is 4.91 Å². The topological polar surface area (TPSA) is 74.7 Å². The highest BCUT2D eigenvalue weighted by atomic mass is 16.3. The van der Waals surface area contributed by atoms with Gasteiger partial charge in [0, 0.05) is 17.3 Å². The summed E-state index contributed by atoms with van der Waals surface area (Å²) in [6.07, 6.45) is 1.48. The first-order valence-electron chi connectivity index (χ1n) is 6.37. The number of aliphatic imine (C=N–C) groups is 1. The van der Waals surface area contributed by atoms with Crippen LogP contribution < -0.4 is 5.56 Å². The van der Waals surface area contributed by atoms with Crippen LogP contribution in [0.1, 0.15) is 5.56 Å². The predicted molar refractivity (Wildman–Crippen MR) is 82.8 cm³/mol. The monoisotopic (exact) mass is 277 g/mol. The van der Waals surface area contributed by atoms with E-state index < -0.39 is 0 Å². The third-order valence-electron chi connectivity index (χ3n) is 3.12. The average Bonchev–Trinajstić information content (AvgIpc) is 2.66. The van der Waals surface area contributed by atoms with Crippen molar-refractivity contribution in [1.29, 1.82) is 0 Å². The Morgan fingerprint density at radius 3 is 2.57 bits per heavy atom. The maximum absolute atomic E-state index is 12.0. The molecular weight excluding hydrogens is 266 g/mol. The van der Waals surface area contributed by atoms with Gasteiger partial charge in [0.25, 0.3) is 5.56 Å². The average molecular weight is 277 g/mol. The van der Waals surface area contributed by atoms with Crippen LogP contribution in [-0.2, 0) is 0 Å². The summed E-state index contributed by atoms with van der Waals surface area (Å²) in [6.45, 7) is 0. The first-order valence-corrected chi connectivity index (χ1v) is 6.37. The molecule has 0 unspecified atom stereocenters. The van der Waals surface area contributed by atoms with E-state index in [2.05, 4.69) is 15.2 Å². The summed E-state index contributed by atoms with van der Waals surface area (Å²) in [7, 11) is 0. The normalized spacial score (nSPS) is 11.0. The predicted octanol–water partition coefficient (Wildman–Crippen LogP) is 3.63. The van der Waals surface area contributed by atoms with Crippen LogP contribution in [0.4, 0.5) is 11.4 Å². The zero-order valence-electron chi connectivity index (χ0n) is 11.0. The fourth-order valence-corrected chi connectivity index (χ4v) is 2.11. The highest BCUT2D eigenvalue weighted by molar-refractivity contribution is 5.90. The summed E-state index contributed by atoms with van der Waals surface area (Å²) in [5.74, 6) is 0. The minimum Gasteiger partial charge on any atom is -0.320 e. The van der Waals surface area contributed by atoms with Gasteiger partial charge in [-0.1, -0.05) is 42.5 Å². The van der Waals surface area contributed by atoms with Crippen LogP contribution in [0.5, 0.6) is 0 Å². The third-order valence-corrected chi connectivity index (χ3v) is 3.12. The summed E-state index contributed by atoms with van der Waals surface area (Å²) in [5.41, 5.74) is 2.38. The number of aromatic amines is 1. The number of rotatable bonds is 3. The van der Waals surface area contributed by atoms with Crippen LogP contribution in [-0.4, -0.2) is 11.2 Å². The van der Waals surface area contributed by atoms with Gasteiger partial charge < -0.3 is 4.98 Å². The second-order valence-corrected chi connectivity index (χ2v) is 4.45. The van der Waals surface area contributed by atoms with Crippen molar-refractivity contribution < 1.29 is 0 Å². The highest BCUT2D eigenvalue weighted by Crippen LogP contribution is 2.27. The van der Waals surface area contributed by atoms with E-state index >= 15 is 0 Å². The lowest BCUT2D eigenvalue weighted by Gasteiger charge is -1.96. The molecule has 21 heavy (non-hydrogen) atoms. The molecule has 102 valence electrons. The minimum absolute atomic E-state index is 0.260. The van der Waals surface area contributed by atoms with E-state index in [4.69, 9.17) is 0 Å². The first kappa shape index (κ1) is 12.9. The standard InChI is InChI=1S/C16H11N3O2/c20-16-15(12-7-2-1-3-9-14(12)18-16)17-10-11-6-4-5-8-13(11)19-21/h1-10H,(H,18,20). The molecule has 0 amide bonds. The molecule has 0 bridgehead atoms. The zero-order valence-corrected chi connectivity index (χ0v) is 11.0. The number of H-pyrrole nitrogens is 1. The lowest BCUT2D eigenvalue weighted by molar-refractivity contribution is 1.31. The van der Waals surface area contributed by atoms with Crippen molar-refractivity contribution >= 4 is 17.6 Å². The molecule has 1 aliphatic carbocycles. The number of hydrogen-bond acceptors (Lipinski definition) is 4. The van der Waals surface area contributed by atoms with E-state index in [-0.39, 0.29) is 5.56 Å². The van der Waals surface area contributed by atoms with E-state index in [1.807, 2.05) is 30.3 Å². The number of nitrogens with zero attached hydrogens (tertiary/aromatic N) is 2. The molecule has 3 rings (SSSR count). The van der Waals surface area contributed by atoms with Crippen molar-refractivity contribution in [3.05, 3.63) is 75.4 Å². The largest absolute Gasteiger partial charge is 0.320 e. The Bertz CT molecular complexity index is 852. The van der Waals surface area contributed by atoms with E-state index in [0.29, 0.717) is 16.9 Å². The second-order valence-electron chi connectivity index (χ2n) is 4.45. The van der Waals surface area contributed by atoms with Crippen molar-refractivity contribution in [2.24, 2.45) is 10.2 Å². The number of benzene rings is 1. The van der Waals surface area contributed by atoms with E-state index in [1.54, 1.807) is 24.3 Å². The molecule has 5 nitrogen and oxygen atoms in total. The Kier molecular flexibility index (Phi) is 3.39. The number of nitroso groups, excluding NO2 is 1. The molecule has 0 saturated carbocycles. The van der Waals surface area contributed by atoms with Gasteiger partial charge in [-0.2, -0.15) is 0 Å². The lowest BCUT2D eigenvalue weighted by atomic mass is 10.2. The molecule has 1 aromatic carbocycles. The molecule has 1 heterocycles. The molecule has 0 aromatic heterocycles. The van der Waals surface area contributed by atoms with Crippen LogP contribution in [0.25, 0.3) is 11.3 Å². The maximum atomic E-state index is 12.0.